The minimum absolute atomic E-state index is 0.00983. The summed E-state index contributed by atoms with van der Waals surface area (Å²) in [4.78, 5) is 20.9. The molecule has 0 aliphatic carbocycles. The Bertz CT molecular complexity index is 1090. The van der Waals surface area contributed by atoms with E-state index in [4.69, 9.17) is 0 Å². The van der Waals surface area contributed by atoms with E-state index in [2.05, 4.69) is 28.3 Å². The number of hydrogen-bond acceptors (Lipinski definition) is 4. The van der Waals surface area contributed by atoms with Crippen LogP contribution in [0.3, 0.4) is 0 Å². The van der Waals surface area contributed by atoms with Crippen molar-refractivity contribution >= 4 is 22.9 Å². The van der Waals surface area contributed by atoms with Crippen molar-refractivity contribution in [2.45, 2.75) is 26.8 Å². The second-order valence-corrected chi connectivity index (χ2v) is 7.89. The number of carbonyl (C=O) groups is 1. The Morgan fingerprint density at radius 3 is 2.71 bits per heavy atom. The van der Waals surface area contributed by atoms with Crippen LogP contribution >= 0.6 is 11.3 Å². The number of thiophene rings is 1. The molecular weight excluding hydrogens is 368 g/mol. The summed E-state index contributed by atoms with van der Waals surface area (Å²) in [5.41, 5.74) is 4.29. The smallest absolute Gasteiger partial charge is 0.257 e. The molecule has 0 saturated heterocycles. The first kappa shape index (κ1) is 18.4. The van der Waals surface area contributed by atoms with Gasteiger partial charge in [-0.25, -0.2) is 9.50 Å². The van der Waals surface area contributed by atoms with E-state index in [1.54, 1.807) is 22.0 Å². The van der Waals surface area contributed by atoms with Gasteiger partial charge in [0.05, 0.1) is 23.5 Å². The van der Waals surface area contributed by atoms with Crippen molar-refractivity contribution < 1.29 is 4.79 Å². The number of nitrogens with zero attached hydrogens (tertiary/aromatic N) is 4. The molecule has 0 spiro atoms. The fourth-order valence-corrected chi connectivity index (χ4v) is 4.01. The van der Waals surface area contributed by atoms with Crippen LogP contribution in [0.2, 0.25) is 0 Å². The number of aryl methyl sites for hydroxylation is 2. The highest BCUT2D eigenvalue weighted by atomic mass is 32.1. The molecule has 3 aromatic heterocycles. The van der Waals surface area contributed by atoms with Crippen molar-refractivity contribution in [3.63, 3.8) is 0 Å². The number of rotatable bonds is 6. The first-order valence-corrected chi connectivity index (χ1v) is 10.2. The van der Waals surface area contributed by atoms with Gasteiger partial charge in [0.15, 0.2) is 5.65 Å². The van der Waals surface area contributed by atoms with Crippen molar-refractivity contribution in [2.75, 3.05) is 6.54 Å². The Labute approximate surface area is 168 Å². The van der Waals surface area contributed by atoms with E-state index in [1.165, 1.54) is 10.4 Å². The van der Waals surface area contributed by atoms with Crippen molar-refractivity contribution in [3.8, 4) is 0 Å². The van der Waals surface area contributed by atoms with Gasteiger partial charge in [0, 0.05) is 23.7 Å². The molecule has 0 radical (unpaired) electrons. The lowest BCUT2D eigenvalue weighted by Gasteiger charge is -2.23. The largest absolute Gasteiger partial charge is 0.333 e. The maximum absolute atomic E-state index is 13.4. The molecule has 0 aliphatic rings. The summed E-state index contributed by atoms with van der Waals surface area (Å²) in [7, 11) is 0. The highest BCUT2D eigenvalue weighted by Crippen LogP contribution is 2.18. The van der Waals surface area contributed by atoms with E-state index >= 15 is 0 Å². The lowest BCUT2D eigenvalue weighted by atomic mass is 10.1. The molecule has 0 unspecified atom stereocenters. The third-order valence-electron chi connectivity index (χ3n) is 4.80. The van der Waals surface area contributed by atoms with Gasteiger partial charge in [0.2, 0.25) is 0 Å². The molecule has 0 bridgehead atoms. The van der Waals surface area contributed by atoms with Crippen molar-refractivity contribution in [3.05, 3.63) is 87.5 Å². The van der Waals surface area contributed by atoms with E-state index in [0.717, 1.165) is 23.5 Å². The van der Waals surface area contributed by atoms with E-state index in [0.29, 0.717) is 18.7 Å². The maximum Gasteiger partial charge on any atom is 0.257 e. The SMILES string of the molecule is Cc1cc2ncc(C(=O)N(CCc3ccccc3)Cc3cccs3)c(C)n2n1. The molecule has 4 aromatic rings. The van der Waals surface area contributed by atoms with Gasteiger partial charge in [-0.05, 0) is 37.3 Å². The zero-order chi connectivity index (χ0) is 19.5. The molecule has 0 fully saturated rings. The normalized spacial score (nSPS) is 11.1. The van der Waals surface area contributed by atoms with Gasteiger partial charge in [-0.1, -0.05) is 36.4 Å². The maximum atomic E-state index is 13.4. The summed E-state index contributed by atoms with van der Waals surface area (Å²) in [5, 5.41) is 6.51. The lowest BCUT2D eigenvalue weighted by molar-refractivity contribution is 0.0744. The summed E-state index contributed by atoms with van der Waals surface area (Å²) >= 11 is 1.67. The summed E-state index contributed by atoms with van der Waals surface area (Å²) in [5.74, 6) is -0.00983. The zero-order valence-electron chi connectivity index (χ0n) is 16.0. The predicted octanol–water partition coefficient (Wildman–Crippen LogP) is 4.29. The van der Waals surface area contributed by atoms with Crippen LogP contribution in [-0.2, 0) is 13.0 Å². The minimum Gasteiger partial charge on any atom is -0.333 e. The van der Waals surface area contributed by atoms with Crippen LogP contribution in [-0.4, -0.2) is 31.9 Å². The highest BCUT2D eigenvalue weighted by molar-refractivity contribution is 7.09. The quantitative estimate of drug-likeness (QED) is 0.493. The van der Waals surface area contributed by atoms with Crippen LogP contribution in [0.25, 0.3) is 5.65 Å². The van der Waals surface area contributed by atoms with Crippen molar-refractivity contribution in [2.24, 2.45) is 0 Å². The molecule has 0 N–H and O–H groups in total. The predicted molar refractivity (Wildman–Crippen MR) is 112 cm³/mol. The topological polar surface area (TPSA) is 50.5 Å². The van der Waals surface area contributed by atoms with Gasteiger partial charge >= 0.3 is 0 Å². The Morgan fingerprint density at radius 1 is 1.14 bits per heavy atom. The first-order chi connectivity index (χ1) is 13.6. The van der Waals surface area contributed by atoms with Crippen LogP contribution in [0.1, 0.15) is 32.2 Å². The molecule has 3 heterocycles. The Morgan fingerprint density at radius 2 is 1.96 bits per heavy atom. The molecule has 0 saturated carbocycles. The van der Waals surface area contributed by atoms with Gasteiger partial charge in [0.25, 0.3) is 5.91 Å². The summed E-state index contributed by atoms with van der Waals surface area (Å²) in [6, 6.07) is 16.3. The molecule has 0 aliphatic heterocycles. The van der Waals surface area contributed by atoms with Crippen molar-refractivity contribution in [1.29, 1.82) is 0 Å². The standard InChI is InChI=1S/C22H22N4OS/c1-16-13-21-23-14-20(17(2)26(21)24-16)22(27)25(15-19-9-6-12-28-19)11-10-18-7-4-3-5-8-18/h3-9,12-14H,10-11,15H2,1-2H3. The molecular formula is C22H22N4OS. The van der Waals surface area contributed by atoms with E-state index in [1.807, 2.05) is 54.5 Å². The first-order valence-electron chi connectivity index (χ1n) is 9.29. The van der Waals surface area contributed by atoms with Gasteiger partial charge in [-0.2, -0.15) is 5.10 Å². The number of fused-ring (bicyclic) bond motifs is 1. The molecule has 0 atom stereocenters. The number of aromatic nitrogens is 3. The van der Waals surface area contributed by atoms with Gasteiger partial charge in [-0.15, -0.1) is 11.3 Å². The Kier molecular flexibility index (Phi) is 5.21. The lowest BCUT2D eigenvalue weighted by Crippen LogP contribution is -2.33. The zero-order valence-corrected chi connectivity index (χ0v) is 16.8. The monoisotopic (exact) mass is 390 g/mol. The van der Waals surface area contributed by atoms with E-state index < -0.39 is 0 Å². The Hall–Kier alpha value is -2.99. The average Bonchev–Trinajstić information content (AvgIpc) is 3.35. The van der Waals surface area contributed by atoms with Crippen LogP contribution in [0.15, 0.2) is 60.1 Å². The van der Waals surface area contributed by atoms with E-state index in [-0.39, 0.29) is 5.91 Å². The van der Waals surface area contributed by atoms with Crippen LogP contribution in [0.5, 0.6) is 0 Å². The molecule has 142 valence electrons. The molecule has 1 aromatic carbocycles. The van der Waals surface area contributed by atoms with Crippen LogP contribution in [0.4, 0.5) is 0 Å². The fourth-order valence-electron chi connectivity index (χ4n) is 3.29. The fraction of sp³-hybridized carbons (Fsp3) is 0.227. The van der Waals surface area contributed by atoms with E-state index in [9.17, 15) is 4.79 Å². The third kappa shape index (κ3) is 3.82. The highest BCUT2D eigenvalue weighted by Gasteiger charge is 2.21. The molecule has 5 nitrogen and oxygen atoms in total. The van der Waals surface area contributed by atoms with Crippen molar-refractivity contribution in [1.82, 2.24) is 19.5 Å². The number of hydrogen-bond donors (Lipinski definition) is 0. The molecule has 28 heavy (non-hydrogen) atoms. The molecule has 4 rings (SSSR count). The molecule has 1 amide bonds. The van der Waals surface area contributed by atoms with Gasteiger partial charge < -0.3 is 4.90 Å². The van der Waals surface area contributed by atoms with Gasteiger partial charge in [0.1, 0.15) is 0 Å². The van der Waals surface area contributed by atoms with Crippen LogP contribution in [0, 0.1) is 13.8 Å². The summed E-state index contributed by atoms with van der Waals surface area (Å²) in [6.07, 6.45) is 2.49. The second kappa shape index (κ2) is 7.94. The average molecular weight is 391 g/mol. The van der Waals surface area contributed by atoms with Gasteiger partial charge in [-0.3, -0.25) is 4.79 Å². The summed E-state index contributed by atoms with van der Waals surface area (Å²) < 4.78 is 1.75. The Balaban J connectivity index is 1.63. The summed E-state index contributed by atoms with van der Waals surface area (Å²) in [6.45, 7) is 5.10. The number of benzene rings is 1. The number of amides is 1. The third-order valence-corrected chi connectivity index (χ3v) is 5.66. The van der Waals surface area contributed by atoms with Crippen LogP contribution < -0.4 is 0 Å². The minimum atomic E-state index is -0.00983. The second-order valence-electron chi connectivity index (χ2n) is 6.85. The number of carbonyl (C=O) groups excluding carboxylic acids is 1. The molecule has 6 heteroatoms.